The molecule has 2 heterocycles. The molecule has 1 amide bonds. The maximum Gasteiger partial charge on any atom is 0.271 e. The largest absolute Gasteiger partial charge is 0.344 e. The Bertz CT molecular complexity index is 846. The van der Waals surface area contributed by atoms with Gasteiger partial charge in [0.05, 0.1) is 17.0 Å². The van der Waals surface area contributed by atoms with Crippen molar-refractivity contribution in [3.63, 3.8) is 0 Å². The van der Waals surface area contributed by atoms with Crippen molar-refractivity contribution in [2.45, 2.75) is 18.9 Å². The summed E-state index contributed by atoms with van der Waals surface area (Å²) in [6.07, 6.45) is 0.399. The van der Waals surface area contributed by atoms with E-state index >= 15 is 0 Å². The topological polar surface area (TPSA) is 76.1 Å². The number of amides is 1. The van der Waals surface area contributed by atoms with Crippen molar-refractivity contribution >= 4 is 27.1 Å². The van der Waals surface area contributed by atoms with E-state index in [-0.39, 0.29) is 23.0 Å². The zero-order chi connectivity index (χ0) is 16.7. The van der Waals surface area contributed by atoms with Crippen LogP contribution in [0.2, 0.25) is 0 Å². The number of nitrogens with one attached hydrogen (secondary N) is 1. The van der Waals surface area contributed by atoms with Crippen LogP contribution in [0.4, 0.5) is 4.39 Å². The number of hydrogen-bond donors (Lipinski definition) is 1. The molecule has 8 heteroatoms. The summed E-state index contributed by atoms with van der Waals surface area (Å²) in [5.74, 6) is -0.699. The zero-order valence-electron chi connectivity index (χ0n) is 12.4. The molecular formula is C15H15FN2O3S2. The van der Waals surface area contributed by atoms with E-state index < -0.39 is 21.3 Å². The molecule has 0 saturated carbocycles. The fraction of sp³-hybridized carbons (Fsp3) is 0.333. The molecule has 0 aliphatic carbocycles. The van der Waals surface area contributed by atoms with E-state index in [1.165, 1.54) is 23.5 Å². The molecule has 0 unspecified atom stereocenters. The van der Waals surface area contributed by atoms with Gasteiger partial charge in [-0.1, -0.05) is 0 Å². The molecule has 122 valence electrons. The van der Waals surface area contributed by atoms with Gasteiger partial charge >= 0.3 is 0 Å². The summed E-state index contributed by atoms with van der Waals surface area (Å²) in [6, 6.07) is 5.86. The second-order valence-corrected chi connectivity index (χ2v) is 8.94. The van der Waals surface area contributed by atoms with E-state index in [9.17, 15) is 17.6 Å². The smallest absolute Gasteiger partial charge is 0.271 e. The van der Waals surface area contributed by atoms with Crippen molar-refractivity contribution in [2.75, 3.05) is 11.5 Å². The average Bonchev–Trinajstić information content (AvgIpc) is 3.05. The highest BCUT2D eigenvalue weighted by Gasteiger charge is 2.39. The summed E-state index contributed by atoms with van der Waals surface area (Å²) in [4.78, 5) is 16.5. The number of thiazole rings is 1. The maximum absolute atomic E-state index is 12.9. The number of carbonyl (C=O) groups is 1. The SMILES string of the molecule is C[C@]1(NC(=O)c2csc(-c3ccc(F)cc3)n2)CCS(=O)(=O)C1. The second-order valence-electron chi connectivity index (χ2n) is 5.90. The molecule has 1 fully saturated rings. The van der Waals surface area contributed by atoms with Crippen molar-refractivity contribution in [3.8, 4) is 10.6 Å². The zero-order valence-corrected chi connectivity index (χ0v) is 14.0. The fourth-order valence-electron chi connectivity index (χ4n) is 2.55. The molecule has 0 spiro atoms. The normalized spacial score (nSPS) is 22.9. The molecule has 1 aromatic heterocycles. The van der Waals surface area contributed by atoms with Gasteiger partial charge in [-0.15, -0.1) is 11.3 Å². The van der Waals surface area contributed by atoms with Gasteiger partial charge in [0.2, 0.25) is 0 Å². The molecule has 5 nitrogen and oxygen atoms in total. The van der Waals surface area contributed by atoms with Crippen LogP contribution in [0, 0.1) is 5.82 Å². The van der Waals surface area contributed by atoms with Crippen molar-refractivity contribution in [1.82, 2.24) is 10.3 Å². The molecule has 3 rings (SSSR count). The van der Waals surface area contributed by atoms with E-state index in [4.69, 9.17) is 0 Å². The highest BCUT2D eigenvalue weighted by molar-refractivity contribution is 7.91. The summed E-state index contributed by atoms with van der Waals surface area (Å²) in [6.45, 7) is 1.72. The van der Waals surface area contributed by atoms with E-state index in [0.29, 0.717) is 11.4 Å². The first-order chi connectivity index (χ1) is 10.8. The van der Waals surface area contributed by atoms with E-state index in [2.05, 4.69) is 10.3 Å². The van der Waals surface area contributed by atoms with Gasteiger partial charge in [0.25, 0.3) is 5.91 Å². The summed E-state index contributed by atoms with van der Waals surface area (Å²) in [5.41, 5.74) is 0.209. The van der Waals surface area contributed by atoms with Gasteiger partial charge in [0.15, 0.2) is 9.84 Å². The number of hydrogen-bond acceptors (Lipinski definition) is 5. The first kappa shape index (κ1) is 16.1. The predicted octanol–water partition coefficient (Wildman–Crippen LogP) is 2.26. The molecule has 23 heavy (non-hydrogen) atoms. The van der Waals surface area contributed by atoms with Gasteiger partial charge in [-0.25, -0.2) is 17.8 Å². The van der Waals surface area contributed by atoms with Gasteiger partial charge in [0, 0.05) is 10.9 Å². The van der Waals surface area contributed by atoms with Crippen LogP contribution in [0.25, 0.3) is 10.6 Å². The molecule has 2 aromatic rings. The Hall–Kier alpha value is -1.80. The van der Waals surface area contributed by atoms with Crippen molar-refractivity contribution in [1.29, 1.82) is 0 Å². The summed E-state index contributed by atoms with van der Waals surface area (Å²) in [5, 5.41) is 4.99. The molecule has 1 aliphatic heterocycles. The summed E-state index contributed by atoms with van der Waals surface area (Å²) in [7, 11) is -3.09. The number of halogens is 1. The minimum Gasteiger partial charge on any atom is -0.344 e. The van der Waals surface area contributed by atoms with Crippen LogP contribution >= 0.6 is 11.3 Å². The van der Waals surface area contributed by atoms with Crippen molar-refractivity contribution in [2.24, 2.45) is 0 Å². The quantitative estimate of drug-likeness (QED) is 0.917. The lowest BCUT2D eigenvalue weighted by molar-refractivity contribution is 0.0911. The molecule has 1 N–H and O–H groups in total. The summed E-state index contributed by atoms with van der Waals surface area (Å²) < 4.78 is 36.1. The molecule has 1 aliphatic rings. The summed E-state index contributed by atoms with van der Waals surface area (Å²) >= 11 is 1.28. The molecule has 0 radical (unpaired) electrons. The van der Waals surface area contributed by atoms with Crippen LogP contribution in [0.1, 0.15) is 23.8 Å². The Morgan fingerprint density at radius 2 is 2.04 bits per heavy atom. The number of benzene rings is 1. The lowest BCUT2D eigenvalue weighted by Gasteiger charge is -2.23. The average molecular weight is 354 g/mol. The van der Waals surface area contributed by atoms with Crippen molar-refractivity contribution < 1.29 is 17.6 Å². The first-order valence-electron chi connectivity index (χ1n) is 7.01. The van der Waals surface area contributed by atoms with Crippen LogP contribution in [0.5, 0.6) is 0 Å². The minimum atomic E-state index is -3.09. The number of carbonyl (C=O) groups excluding carboxylic acids is 1. The van der Waals surface area contributed by atoms with E-state index in [1.54, 1.807) is 24.4 Å². The number of sulfone groups is 1. The Balaban J connectivity index is 1.75. The maximum atomic E-state index is 12.9. The van der Waals surface area contributed by atoms with Crippen LogP contribution in [0.15, 0.2) is 29.6 Å². The van der Waals surface area contributed by atoms with Gasteiger partial charge in [-0.3, -0.25) is 4.79 Å². The van der Waals surface area contributed by atoms with Crippen LogP contribution in [-0.4, -0.2) is 36.4 Å². The van der Waals surface area contributed by atoms with Crippen molar-refractivity contribution in [3.05, 3.63) is 41.2 Å². The lowest BCUT2D eigenvalue weighted by atomic mass is 10.0. The predicted molar refractivity (Wildman–Crippen MR) is 86.7 cm³/mol. The van der Waals surface area contributed by atoms with Gasteiger partial charge in [-0.05, 0) is 37.6 Å². The monoisotopic (exact) mass is 354 g/mol. The minimum absolute atomic E-state index is 0.0549. The highest BCUT2D eigenvalue weighted by atomic mass is 32.2. The molecule has 1 saturated heterocycles. The first-order valence-corrected chi connectivity index (χ1v) is 9.71. The van der Waals surface area contributed by atoms with Gasteiger partial charge < -0.3 is 5.32 Å². The standard InChI is InChI=1S/C15H15FN2O3S2/c1-15(6-7-23(20,21)9-15)18-13(19)12-8-22-14(17-12)10-2-4-11(16)5-3-10/h2-5,8H,6-7,9H2,1H3,(H,18,19)/t15-/m0/s1. The molecule has 0 bridgehead atoms. The Labute approximate surface area is 137 Å². The number of rotatable bonds is 3. The molecule has 1 aromatic carbocycles. The third kappa shape index (κ3) is 3.59. The van der Waals surface area contributed by atoms with E-state index in [1.807, 2.05) is 0 Å². The lowest BCUT2D eigenvalue weighted by Crippen LogP contribution is -2.47. The Morgan fingerprint density at radius 1 is 1.35 bits per heavy atom. The fourth-order valence-corrected chi connectivity index (χ4v) is 5.45. The van der Waals surface area contributed by atoms with Crippen LogP contribution in [-0.2, 0) is 9.84 Å². The Morgan fingerprint density at radius 3 is 2.65 bits per heavy atom. The second kappa shape index (κ2) is 5.68. The van der Waals surface area contributed by atoms with Gasteiger partial charge in [0.1, 0.15) is 16.5 Å². The molecule has 1 atom stereocenters. The third-order valence-electron chi connectivity index (χ3n) is 3.75. The third-order valence-corrected chi connectivity index (χ3v) is 6.54. The molecular weight excluding hydrogens is 339 g/mol. The van der Waals surface area contributed by atoms with Gasteiger partial charge in [-0.2, -0.15) is 0 Å². The highest BCUT2D eigenvalue weighted by Crippen LogP contribution is 2.26. The van der Waals surface area contributed by atoms with E-state index in [0.717, 1.165) is 5.56 Å². The van der Waals surface area contributed by atoms with Crippen LogP contribution in [0.3, 0.4) is 0 Å². The van der Waals surface area contributed by atoms with Crippen LogP contribution < -0.4 is 5.32 Å². The Kier molecular flexibility index (Phi) is 3.97. The number of nitrogens with zero attached hydrogens (tertiary/aromatic N) is 1. The number of aromatic nitrogens is 1.